The lowest BCUT2D eigenvalue weighted by atomic mass is 10.2. The Morgan fingerprint density at radius 1 is 1.71 bits per heavy atom. The monoisotopic (exact) mass is 258 g/mol. The number of nitrogens with zero attached hydrogens (tertiary/aromatic N) is 1. The first kappa shape index (κ1) is 11.1. The highest BCUT2D eigenvalue weighted by molar-refractivity contribution is 9.10. The number of nitrogens with one attached hydrogen (secondary N) is 1. The molecule has 0 bridgehead atoms. The van der Waals surface area contributed by atoms with Crippen molar-refractivity contribution in [2.45, 2.75) is 19.5 Å². The van der Waals surface area contributed by atoms with Crippen LogP contribution < -0.4 is 5.32 Å². The van der Waals surface area contributed by atoms with Gasteiger partial charge in [-0.3, -0.25) is 9.78 Å². The molecule has 4 nitrogen and oxygen atoms in total. The first-order chi connectivity index (χ1) is 6.59. The van der Waals surface area contributed by atoms with E-state index < -0.39 is 12.0 Å². The lowest BCUT2D eigenvalue weighted by Gasteiger charge is -2.08. The van der Waals surface area contributed by atoms with E-state index in [-0.39, 0.29) is 0 Å². The molecular formula is C9H11BrN2O2. The summed E-state index contributed by atoms with van der Waals surface area (Å²) in [5.74, 6) is -0.854. The van der Waals surface area contributed by atoms with Crippen LogP contribution in [0, 0.1) is 0 Å². The second-order valence-corrected chi connectivity index (χ2v) is 3.87. The van der Waals surface area contributed by atoms with E-state index in [1.807, 2.05) is 6.07 Å². The van der Waals surface area contributed by atoms with Crippen LogP contribution in [0.2, 0.25) is 0 Å². The van der Waals surface area contributed by atoms with E-state index in [0.717, 1.165) is 10.0 Å². The van der Waals surface area contributed by atoms with Gasteiger partial charge in [0, 0.05) is 23.4 Å². The van der Waals surface area contributed by atoms with Crippen LogP contribution in [0.25, 0.3) is 0 Å². The Bertz CT molecular complexity index is 330. The number of carbonyl (C=O) groups is 1. The lowest BCUT2D eigenvalue weighted by Crippen LogP contribution is -2.33. The van der Waals surface area contributed by atoms with Crippen LogP contribution in [0.4, 0.5) is 0 Å². The summed E-state index contributed by atoms with van der Waals surface area (Å²) >= 11 is 3.29. The second-order valence-electron chi connectivity index (χ2n) is 2.95. The summed E-state index contributed by atoms with van der Waals surface area (Å²) in [4.78, 5) is 14.5. The van der Waals surface area contributed by atoms with Crippen molar-refractivity contribution in [3.05, 3.63) is 28.5 Å². The number of aromatic nitrogens is 1. The average Bonchev–Trinajstić information content (AvgIpc) is 2.14. The van der Waals surface area contributed by atoms with Gasteiger partial charge in [-0.15, -0.1) is 0 Å². The van der Waals surface area contributed by atoms with Crippen LogP contribution in [0.15, 0.2) is 22.9 Å². The summed E-state index contributed by atoms with van der Waals surface area (Å²) < 4.78 is 0.889. The van der Waals surface area contributed by atoms with Gasteiger partial charge in [0.25, 0.3) is 0 Å². The van der Waals surface area contributed by atoms with E-state index in [1.165, 1.54) is 0 Å². The van der Waals surface area contributed by atoms with E-state index in [9.17, 15) is 4.79 Å². The third-order valence-electron chi connectivity index (χ3n) is 1.74. The maximum atomic E-state index is 10.5. The number of carboxylic acid groups (broad SMARTS) is 1. The summed E-state index contributed by atoms with van der Waals surface area (Å²) in [6.07, 6.45) is 3.39. The topological polar surface area (TPSA) is 62.2 Å². The highest BCUT2D eigenvalue weighted by Crippen LogP contribution is 2.09. The highest BCUT2D eigenvalue weighted by Gasteiger charge is 2.08. The maximum Gasteiger partial charge on any atom is 0.320 e. The molecule has 1 aromatic rings. The Labute approximate surface area is 90.5 Å². The molecule has 0 fully saturated rings. The molecule has 1 atom stereocenters. The molecule has 0 amide bonds. The van der Waals surface area contributed by atoms with E-state index in [2.05, 4.69) is 26.2 Å². The van der Waals surface area contributed by atoms with Gasteiger partial charge >= 0.3 is 5.97 Å². The van der Waals surface area contributed by atoms with Crippen LogP contribution in [0.1, 0.15) is 12.5 Å². The maximum absolute atomic E-state index is 10.5. The third kappa shape index (κ3) is 3.43. The summed E-state index contributed by atoms with van der Waals surface area (Å²) in [5.41, 5.74) is 0.951. The Morgan fingerprint density at radius 3 is 3.00 bits per heavy atom. The van der Waals surface area contributed by atoms with Crippen LogP contribution >= 0.6 is 15.9 Å². The van der Waals surface area contributed by atoms with Crippen LogP contribution in [-0.4, -0.2) is 22.1 Å². The van der Waals surface area contributed by atoms with Crippen molar-refractivity contribution in [2.75, 3.05) is 0 Å². The van der Waals surface area contributed by atoms with Crippen molar-refractivity contribution >= 4 is 21.9 Å². The number of rotatable bonds is 4. The van der Waals surface area contributed by atoms with Crippen molar-refractivity contribution in [3.63, 3.8) is 0 Å². The minimum Gasteiger partial charge on any atom is -0.480 e. The molecule has 0 aliphatic heterocycles. The molecule has 0 unspecified atom stereocenters. The van der Waals surface area contributed by atoms with E-state index in [1.54, 1.807) is 19.3 Å². The molecule has 1 rings (SSSR count). The van der Waals surface area contributed by atoms with Crippen LogP contribution in [-0.2, 0) is 11.3 Å². The predicted octanol–water partition coefficient (Wildman–Crippen LogP) is 1.41. The van der Waals surface area contributed by atoms with Gasteiger partial charge in [0.2, 0.25) is 0 Å². The Morgan fingerprint density at radius 2 is 2.43 bits per heavy atom. The molecule has 0 aromatic carbocycles. The second kappa shape index (κ2) is 5.07. The fourth-order valence-electron chi connectivity index (χ4n) is 0.911. The van der Waals surface area contributed by atoms with E-state index in [0.29, 0.717) is 6.54 Å². The molecule has 0 saturated carbocycles. The molecule has 1 aromatic heterocycles. The molecule has 5 heteroatoms. The quantitative estimate of drug-likeness (QED) is 0.858. The fourth-order valence-corrected chi connectivity index (χ4v) is 1.32. The van der Waals surface area contributed by atoms with Crippen molar-refractivity contribution < 1.29 is 9.90 Å². The Kier molecular flexibility index (Phi) is 4.03. The molecule has 14 heavy (non-hydrogen) atoms. The Balaban J connectivity index is 2.49. The van der Waals surface area contributed by atoms with Gasteiger partial charge in [-0.25, -0.2) is 0 Å². The largest absolute Gasteiger partial charge is 0.480 e. The smallest absolute Gasteiger partial charge is 0.320 e. The molecular weight excluding hydrogens is 248 g/mol. The standard InChI is InChI=1S/C9H11BrN2O2/c1-6(9(13)14)12-4-7-2-8(10)5-11-3-7/h2-3,5-6,12H,4H2,1H3,(H,13,14)/t6-/m0/s1. The van der Waals surface area contributed by atoms with Gasteiger partial charge in [-0.1, -0.05) is 0 Å². The Hall–Kier alpha value is -0.940. The number of hydrogen-bond donors (Lipinski definition) is 2. The average molecular weight is 259 g/mol. The molecule has 2 N–H and O–H groups in total. The van der Waals surface area contributed by atoms with Crippen LogP contribution in [0.5, 0.6) is 0 Å². The lowest BCUT2D eigenvalue weighted by molar-refractivity contribution is -0.139. The molecule has 0 aliphatic carbocycles. The molecule has 0 radical (unpaired) electrons. The normalized spacial score (nSPS) is 12.4. The van der Waals surface area contributed by atoms with Gasteiger partial charge in [0.05, 0.1) is 0 Å². The van der Waals surface area contributed by atoms with Gasteiger partial charge in [-0.2, -0.15) is 0 Å². The molecule has 0 saturated heterocycles. The summed E-state index contributed by atoms with van der Waals surface area (Å²) in [7, 11) is 0. The number of carboxylic acids is 1. The van der Waals surface area contributed by atoms with E-state index in [4.69, 9.17) is 5.11 Å². The zero-order chi connectivity index (χ0) is 10.6. The summed E-state index contributed by atoms with van der Waals surface area (Å²) in [5, 5.41) is 11.5. The van der Waals surface area contributed by atoms with Gasteiger partial charge in [0.1, 0.15) is 6.04 Å². The van der Waals surface area contributed by atoms with Crippen molar-refractivity contribution in [3.8, 4) is 0 Å². The van der Waals surface area contributed by atoms with E-state index >= 15 is 0 Å². The van der Waals surface area contributed by atoms with Crippen molar-refractivity contribution in [1.82, 2.24) is 10.3 Å². The fraction of sp³-hybridized carbons (Fsp3) is 0.333. The molecule has 0 aliphatic rings. The minimum atomic E-state index is -0.854. The van der Waals surface area contributed by atoms with Gasteiger partial charge < -0.3 is 10.4 Å². The van der Waals surface area contributed by atoms with Crippen molar-refractivity contribution in [2.24, 2.45) is 0 Å². The van der Waals surface area contributed by atoms with Gasteiger partial charge in [0.15, 0.2) is 0 Å². The molecule has 76 valence electrons. The van der Waals surface area contributed by atoms with Gasteiger partial charge in [-0.05, 0) is 34.5 Å². The zero-order valence-corrected chi connectivity index (χ0v) is 9.28. The number of halogens is 1. The molecule has 0 spiro atoms. The summed E-state index contributed by atoms with van der Waals surface area (Å²) in [6, 6.07) is 1.35. The van der Waals surface area contributed by atoms with Crippen molar-refractivity contribution in [1.29, 1.82) is 0 Å². The number of pyridine rings is 1. The SMILES string of the molecule is C[C@H](NCc1cncc(Br)c1)C(=O)O. The summed E-state index contributed by atoms with van der Waals surface area (Å²) in [6.45, 7) is 2.10. The molecule has 1 heterocycles. The third-order valence-corrected chi connectivity index (χ3v) is 2.18. The van der Waals surface area contributed by atoms with Crippen LogP contribution in [0.3, 0.4) is 0 Å². The number of hydrogen-bond acceptors (Lipinski definition) is 3. The number of aliphatic carboxylic acids is 1. The predicted molar refractivity (Wildman–Crippen MR) is 55.9 cm³/mol. The minimum absolute atomic E-state index is 0.500. The highest BCUT2D eigenvalue weighted by atomic mass is 79.9. The first-order valence-electron chi connectivity index (χ1n) is 4.15. The first-order valence-corrected chi connectivity index (χ1v) is 4.94. The zero-order valence-electron chi connectivity index (χ0n) is 7.70.